The van der Waals surface area contributed by atoms with Crippen molar-refractivity contribution in [3.05, 3.63) is 29.8 Å². The number of carbonyl (C=O) groups excluding carboxylic acids is 2. The number of nitrogens with two attached hydrogens (primary N) is 1. The van der Waals surface area contributed by atoms with E-state index >= 15 is 0 Å². The largest absolute Gasteiger partial charge is 0.480 e. The van der Waals surface area contributed by atoms with Crippen molar-refractivity contribution in [1.82, 2.24) is 10.6 Å². The van der Waals surface area contributed by atoms with E-state index in [0.29, 0.717) is 5.69 Å². The molecule has 7 nitrogen and oxygen atoms in total. The molecule has 0 aromatic heterocycles. The van der Waals surface area contributed by atoms with Crippen LogP contribution in [0.4, 0.5) is 5.69 Å². The molecule has 5 N–H and O–H groups in total. The predicted octanol–water partition coefficient (Wildman–Crippen LogP) is -0.383. The third-order valence-corrected chi connectivity index (χ3v) is 3.49. The maximum atomic E-state index is 12.2. The van der Waals surface area contributed by atoms with Gasteiger partial charge in [-0.15, -0.1) is 0 Å². The molecule has 21 heavy (non-hydrogen) atoms. The minimum Gasteiger partial charge on any atom is -0.480 e. The maximum absolute atomic E-state index is 12.2. The Morgan fingerprint density at radius 1 is 1.10 bits per heavy atom. The Hall–Kier alpha value is -2.57. The number of hydrogen-bond donors (Lipinski definition) is 4. The molecule has 0 unspecified atom stereocenters. The zero-order valence-corrected chi connectivity index (χ0v) is 11.4. The lowest BCUT2D eigenvalue weighted by Gasteiger charge is -2.15. The molecule has 0 radical (unpaired) electrons. The van der Waals surface area contributed by atoms with E-state index in [1.54, 1.807) is 12.1 Å². The van der Waals surface area contributed by atoms with Crippen molar-refractivity contribution >= 4 is 23.5 Å². The average molecular weight is 291 g/mol. The Morgan fingerprint density at radius 3 is 2.24 bits per heavy atom. The van der Waals surface area contributed by atoms with Gasteiger partial charge in [-0.1, -0.05) is 12.1 Å². The number of hydrogen-bond acceptors (Lipinski definition) is 4. The van der Waals surface area contributed by atoms with Crippen LogP contribution in [0.5, 0.6) is 0 Å². The van der Waals surface area contributed by atoms with Crippen LogP contribution in [0, 0.1) is 0 Å². The van der Waals surface area contributed by atoms with Crippen LogP contribution in [0.2, 0.25) is 0 Å². The normalized spacial score (nSPS) is 15.0. The van der Waals surface area contributed by atoms with Crippen molar-refractivity contribution in [2.24, 2.45) is 0 Å². The van der Waals surface area contributed by atoms with E-state index in [-0.39, 0.29) is 12.5 Å². The Kier molecular flexibility index (Phi) is 4.11. The first-order chi connectivity index (χ1) is 9.94. The van der Waals surface area contributed by atoms with Crippen molar-refractivity contribution < 1.29 is 19.5 Å². The molecule has 0 bridgehead atoms. The fourth-order valence-corrected chi connectivity index (χ4v) is 2.14. The lowest BCUT2D eigenvalue weighted by Crippen LogP contribution is -2.42. The monoisotopic (exact) mass is 291 g/mol. The van der Waals surface area contributed by atoms with E-state index in [9.17, 15) is 14.4 Å². The molecule has 0 aliphatic heterocycles. The summed E-state index contributed by atoms with van der Waals surface area (Å²) in [6, 6.07) is 7.10. The molecule has 2 rings (SSSR count). The molecular formula is C14H17N3O4. The number of carboxylic acids is 1. The molecule has 0 spiro atoms. The second kappa shape index (κ2) is 5.82. The summed E-state index contributed by atoms with van der Waals surface area (Å²) in [5.74, 6) is -1.88. The topological polar surface area (TPSA) is 122 Å². The highest BCUT2D eigenvalue weighted by Crippen LogP contribution is 2.48. The quantitative estimate of drug-likeness (QED) is 0.532. The van der Waals surface area contributed by atoms with Crippen LogP contribution in [0.15, 0.2) is 24.3 Å². The van der Waals surface area contributed by atoms with Crippen molar-refractivity contribution in [3.63, 3.8) is 0 Å². The van der Waals surface area contributed by atoms with Gasteiger partial charge >= 0.3 is 5.97 Å². The Balaban J connectivity index is 1.90. The van der Waals surface area contributed by atoms with Crippen LogP contribution in [0.1, 0.15) is 18.4 Å². The van der Waals surface area contributed by atoms with Gasteiger partial charge in [-0.05, 0) is 30.5 Å². The Morgan fingerprint density at radius 2 is 1.71 bits per heavy atom. The van der Waals surface area contributed by atoms with Gasteiger partial charge in [0, 0.05) is 5.69 Å². The third kappa shape index (κ3) is 3.50. The molecule has 1 aliphatic rings. The van der Waals surface area contributed by atoms with Gasteiger partial charge < -0.3 is 21.5 Å². The number of amides is 2. The van der Waals surface area contributed by atoms with E-state index in [1.807, 2.05) is 12.1 Å². The molecule has 1 aromatic rings. The predicted molar refractivity (Wildman–Crippen MR) is 75.4 cm³/mol. The standard InChI is InChI=1S/C14H17N3O4/c15-10-3-1-9(2-4-10)14(5-6-14)13(21)17-7-11(18)16-8-12(19)20/h1-4H,5-8,15H2,(H,16,18)(H,17,21)(H,19,20). The summed E-state index contributed by atoms with van der Waals surface area (Å²) in [4.78, 5) is 33.9. The lowest BCUT2D eigenvalue weighted by molar-refractivity contribution is -0.137. The third-order valence-electron chi connectivity index (χ3n) is 3.49. The lowest BCUT2D eigenvalue weighted by atomic mass is 9.95. The SMILES string of the molecule is Nc1ccc(C2(C(=O)NCC(=O)NCC(=O)O)CC2)cc1. The molecule has 1 fully saturated rings. The summed E-state index contributed by atoms with van der Waals surface area (Å²) in [6.07, 6.45) is 1.44. The first-order valence-electron chi connectivity index (χ1n) is 6.57. The van der Waals surface area contributed by atoms with Crippen LogP contribution in [0.3, 0.4) is 0 Å². The minimum absolute atomic E-state index is 0.224. The van der Waals surface area contributed by atoms with E-state index in [1.165, 1.54) is 0 Å². The van der Waals surface area contributed by atoms with Gasteiger partial charge in [0.1, 0.15) is 6.54 Å². The fourth-order valence-electron chi connectivity index (χ4n) is 2.14. The van der Waals surface area contributed by atoms with E-state index in [4.69, 9.17) is 10.8 Å². The van der Waals surface area contributed by atoms with Crippen LogP contribution in [-0.2, 0) is 19.8 Å². The molecular weight excluding hydrogens is 274 g/mol. The number of carbonyl (C=O) groups is 3. The highest BCUT2D eigenvalue weighted by Gasteiger charge is 2.51. The molecule has 0 atom stereocenters. The van der Waals surface area contributed by atoms with Gasteiger partial charge in [-0.3, -0.25) is 14.4 Å². The Bertz CT molecular complexity index is 564. The number of carboxylic acid groups (broad SMARTS) is 1. The summed E-state index contributed by atoms with van der Waals surface area (Å²) in [7, 11) is 0. The molecule has 112 valence electrons. The summed E-state index contributed by atoms with van der Waals surface area (Å²) in [5, 5.41) is 13.2. The first-order valence-corrected chi connectivity index (χ1v) is 6.57. The highest BCUT2D eigenvalue weighted by atomic mass is 16.4. The van der Waals surface area contributed by atoms with Gasteiger partial charge in [-0.2, -0.15) is 0 Å². The second-order valence-electron chi connectivity index (χ2n) is 5.06. The summed E-state index contributed by atoms with van der Waals surface area (Å²) in [6.45, 7) is -0.694. The molecule has 1 saturated carbocycles. The van der Waals surface area contributed by atoms with Crippen LogP contribution >= 0.6 is 0 Å². The summed E-state index contributed by atoms with van der Waals surface area (Å²) >= 11 is 0. The van der Waals surface area contributed by atoms with E-state index in [2.05, 4.69) is 10.6 Å². The van der Waals surface area contributed by atoms with Crippen molar-refractivity contribution in [1.29, 1.82) is 0 Å². The summed E-state index contributed by atoms with van der Waals surface area (Å²) in [5.41, 5.74) is 6.54. The number of rotatable bonds is 6. The van der Waals surface area contributed by atoms with Gasteiger partial charge in [-0.25, -0.2) is 0 Å². The summed E-state index contributed by atoms with van der Waals surface area (Å²) < 4.78 is 0. The van der Waals surface area contributed by atoms with Crippen molar-refractivity contribution in [2.45, 2.75) is 18.3 Å². The van der Waals surface area contributed by atoms with Crippen LogP contribution < -0.4 is 16.4 Å². The van der Waals surface area contributed by atoms with Crippen LogP contribution in [-0.4, -0.2) is 36.0 Å². The highest BCUT2D eigenvalue weighted by molar-refractivity contribution is 5.94. The molecule has 0 saturated heterocycles. The molecule has 1 aromatic carbocycles. The van der Waals surface area contributed by atoms with Gasteiger partial charge in [0.2, 0.25) is 11.8 Å². The van der Waals surface area contributed by atoms with E-state index < -0.39 is 23.8 Å². The van der Waals surface area contributed by atoms with Gasteiger partial charge in [0.05, 0.1) is 12.0 Å². The number of nitrogen functional groups attached to an aromatic ring is 1. The Labute approximate surface area is 121 Å². The molecule has 1 aliphatic carbocycles. The number of benzene rings is 1. The zero-order valence-electron chi connectivity index (χ0n) is 11.4. The zero-order chi connectivity index (χ0) is 15.5. The number of aliphatic carboxylic acids is 1. The number of nitrogens with one attached hydrogen (secondary N) is 2. The maximum Gasteiger partial charge on any atom is 0.322 e. The molecule has 2 amide bonds. The molecule has 0 heterocycles. The minimum atomic E-state index is -1.13. The molecule has 7 heteroatoms. The van der Waals surface area contributed by atoms with Crippen molar-refractivity contribution in [2.75, 3.05) is 18.8 Å². The van der Waals surface area contributed by atoms with Crippen molar-refractivity contribution in [3.8, 4) is 0 Å². The average Bonchev–Trinajstić information content (AvgIpc) is 3.25. The first kappa shape index (κ1) is 14.8. The van der Waals surface area contributed by atoms with Gasteiger partial charge in [0.25, 0.3) is 0 Å². The smallest absolute Gasteiger partial charge is 0.322 e. The van der Waals surface area contributed by atoms with Gasteiger partial charge in [0.15, 0.2) is 0 Å². The fraction of sp³-hybridized carbons (Fsp3) is 0.357. The van der Waals surface area contributed by atoms with E-state index in [0.717, 1.165) is 18.4 Å². The second-order valence-corrected chi connectivity index (χ2v) is 5.06. The van der Waals surface area contributed by atoms with Crippen LogP contribution in [0.25, 0.3) is 0 Å². The number of anilines is 1.